The molecule has 0 atom stereocenters. The number of hydrogen-bond acceptors (Lipinski definition) is 9. The first-order valence-corrected chi connectivity index (χ1v) is 14.5. The Morgan fingerprint density at radius 3 is 2.50 bits per heavy atom. The predicted octanol–water partition coefficient (Wildman–Crippen LogP) is 4.89. The molecule has 3 aromatic rings. The third-order valence-corrected chi connectivity index (χ3v) is 7.00. The number of carbonyl (C=O) groups is 2. The molecule has 2 aromatic carbocycles. The number of amides is 1. The molecule has 1 aromatic heterocycles. The summed E-state index contributed by atoms with van der Waals surface area (Å²) in [5, 5.41) is 2.77. The summed E-state index contributed by atoms with van der Waals surface area (Å²) in [6, 6.07) is 14.1. The number of methoxy groups -OCH3 is 1. The van der Waals surface area contributed by atoms with Crippen LogP contribution >= 0.6 is 0 Å². The molecule has 226 valence electrons. The van der Waals surface area contributed by atoms with Crippen LogP contribution in [0, 0.1) is 6.92 Å². The van der Waals surface area contributed by atoms with Gasteiger partial charge in [-0.2, -0.15) is 0 Å². The lowest BCUT2D eigenvalue weighted by atomic mass is 10.00. The number of esters is 1. The third-order valence-electron chi connectivity index (χ3n) is 7.00. The zero-order valence-electron chi connectivity index (χ0n) is 24.9. The Morgan fingerprint density at radius 1 is 1.02 bits per heavy atom. The van der Waals surface area contributed by atoms with E-state index in [1.807, 2.05) is 37.3 Å². The molecule has 1 aliphatic rings. The van der Waals surface area contributed by atoms with Gasteiger partial charge in [0.2, 0.25) is 5.89 Å². The third kappa shape index (κ3) is 8.97. The van der Waals surface area contributed by atoms with Gasteiger partial charge in [0.15, 0.2) is 0 Å². The van der Waals surface area contributed by atoms with Crippen molar-refractivity contribution in [3.8, 4) is 17.2 Å². The second-order valence-corrected chi connectivity index (χ2v) is 10.4. The highest BCUT2D eigenvalue weighted by atomic mass is 16.6. The van der Waals surface area contributed by atoms with E-state index >= 15 is 0 Å². The van der Waals surface area contributed by atoms with E-state index in [1.54, 1.807) is 13.8 Å². The molecule has 1 amide bonds. The van der Waals surface area contributed by atoms with Crippen molar-refractivity contribution in [2.24, 2.45) is 0 Å². The Bertz CT molecular complexity index is 1310. The minimum Gasteiger partial charge on any atom is -0.493 e. The first-order valence-electron chi connectivity index (χ1n) is 14.5. The van der Waals surface area contributed by atoms with Crippen molar-refractivity contribution in [3.05, 3.63) is 65.0 Å². The minimum absolute atomic E-state index is 0.192. The SMILES string of the molecule is COC(=O)CCc1ccc(OCCc2nc(-c3ccc(N4CCOCC4)cc3)oc2C)cc1CCNC(=O)OC(C)C. The summed E-state index contributed by atoms with van der Waals surface area (Å²) in [5.74, 6) is 1.80. The lowest BCUT2D eigenvalue weighted by molar-refractivity contribution is -0.140. The van der Waals surface area contributed by atoms with Crippen molar-refractivity contribution in [1.82, 2.24) is 10.3 Å². The largest absolute Gasteiger partial charge is 0.493 e. The van der Waals surface area contributed by atoms with E-state index in [0.717, 1.165) is 54.4 Å². The second-order valence-electron chi connectivity index (χ2n) is 10.4. The van der Waals surface area contributed by atoms with Crippen LogP contribution in [0.1, 0.15) is 42.8 Å². The van der Waals surface area contributed by atoms with Gasteiger partial charge in [0, 0.05) is 43.7 Å². The molecule has 42 heavy (non-hydrogen) atoms. The Balaban J connectivity index is 1.35. The Morgan fingerprint density at radius 2 is 1.79 bits per heavy atom. The van der Waals surface area contributed by atoms with Gasteiger partial charge in [-0.15, -0.1) is 0 Å². The van der Waals surface area contributed by atoms with E-state index in [9.17, 15) is 9.59 Å². The monoisotopic (exact) mass is 579 g/mol. The summed E-state index contributed by atoms with van der Waals surface area (Å²) in [4.78, 5) is 30.6. The number of benzene rings is 2. The first-order chi connectivity index (χ1) is 20.3. The Kier molecular flexibility index (Phi) is 11.2. The fourth-order valence-corrected chi connectivity index (χ4v) is 4.75. The summed E-state index contributed by atoms with van der Waals surface area (Å²) in [6.45, 7) is 9.62. The van der Waals surface area contributed by atoms with Crippen molar-refractivity contribution in [3.63, 3.8) is 0 Å². The van der Waals surface area contributed by atoms with Crippen LogP contribution in [0.25, 0.3) is 11.5 Å². The number of alkyl carbamates (subject to hydrolysis) is 1. The maximum Gasteiger partial charge on any atom is 0.407 e. The van der Waals surface area contributed by atoms with Gasteiger partial charge in [-0.25, -0.2) is 9.78 Å². The summed E-state index contributed by atoms with van der Waals surface area (Å²) >= 11 is 0. The fraction of sp³-hybridized carbons (Fsp3) is 0.469. The Labute approximate surface area is 247 Å². The summed E-state index contributed by atoms with van der Waals surface area (Å²) in [7, 11) is 1.38. The number of oxazole rings is 1. The number of ether oxygens (including phenoxy) is 4. The average Bonchev–Trinajstić information content (AvgIpc) is 3.36. The van der Waals surface area contributed by atoms with Gasteiger partial charge >= 0.3 is 12.1 Å². The average molecular weight is 580 g/mol. The second kappa shape index (κ2) is 15.3. The van der Waals surface area contributed by atoms with Gasteiger partial charge in [0.25, 0.3) is 0 Å². The highest BCUT2D eigenvalue weighted by Crippen LogP contribution is 2.26. The van der Waals surface area contributed by atoms with Gasteiger partial charge in [-0.1, -0.05) is 6.07 Å². The van der Waals surface area contributed by atoms with E-state index in [-0.39, 0.29) is 18.5 Å². The molecule has 0 spiro atoms. The van der Waals surface area contributed by atoms with Crippen LogP contribution in [-0.4, -0.2) is 69.7 Å². The highest BCUT2D eigenvalue weighted by Gasteiger charge is 2.15. The number of anilines is 1. The van der Waals surface area contributed by atoms with Crippen LogP contribution < -0.4 is 15.0 Å². The maximum atomic E-state index is 11.9. The van der Waals surface area contributed by atoms with Gasteiger partial charge < -0.3 is 33.6 Å². The zero-order valence-corrected chi connectivity index (χ0v) is 24.9. The highest BCUT2D eigenvalue weighted by molar-refractivity contribution is 5.69. The number of morpholine rings is 1. The number of aryl methyl sites for hydroxylation is 2. The molecule has 1 fully saturated rings. The van der Waals surface area contributed by atoms with Gasteiger partial charge in [0.05, 0.1) is 38.7 Å². The minimum atomic E-state index is -0.455. The summed E-state index contributed by atoms with van der Waals surface area (Å²) in [5.41, 5.74) is 4.94. The van der Waals surface area contributed by atoms with Crippen molar-refractivity contribution in [1.29, 1.82) is 0 Å². The maximum absolute atomic E-state index is 11.9. The molecule has 1 aliphatic heterocycles. The van der Waals surface area contributed by atoms with Crippen LogP contribution in [0.2, 0.25) is 0 Å². The summed E-state index contributed by atoms with van der Waals surface area (Å²) in [6.07, 6.45) is 1.32. The standard InChI is InChI=1S/C32H41N3O7/c1-22(2)41-32(37)33-15-13-26-21-28(11-7-24(26)8-12-30(36)38-4)40-18-14-29-23(3)42-31(34-29)25-5-9-27(10-6-25)35-16-19-39-20-17-35/h5-7,9-11,21-22H,8,12-20H2,1-4H3,(H,33,37). The molecule has 0 saturated carbocycles. The number of hydrogen-bond donors (Lipinski definition) is 1. The number of nitrogens with zero attached hydrogens (tertiary/aromatic N) is 2. The molecule has 10 heteroatoms. The van der Waals surface area contributed by atoms with Gasteiger partial charge in [-0.3, -0.25) is 4.79 Å². The van der Waals surface area contributed by atoms with E-state index in [2.05, 4.69) is 22.3 Å². The number of nitrogens with one attached hydrogen (secondary N) is 1. The van der Waals surface area contributed by atoms with E-state index in [0.29, 0.717) is 44.1 Å². The Hall–Kier alpha value is -4.05. The van der Waals surface area contributed by atoms with E-state index < -0.39 is 6.09 Å². The van der Waals surface area contributed by atoms with E-state index in [1.165, 1.54) is 12.8 Å². The first kappa shape index (κ1) is 30.9. The van der Waals surface area contributed by atoms with Crippen molar-refractivity contribution in [2.75, 3.05) is 51.5 Å². The van der Waals surface area contributed by atoms with Crippen LogP contribution in [0.15, 0.2) is 46.9 Å². The van der Waals surface area contributed by atoms with Crippen molar-refractivity contribution >= 4 is 17.7 Å². The van der Waals surface area contributed by atoms with Crippen LogP contribution in [0.3, 0.4) is 0 Å². The topological polar surface area (TPSA) is 112 Å². The normalized spacial score (nSPS) is 13.2. The van der Waals surface area contributed by atoms with Gasteiger partial charge in [-0.05, 0) is 81.1 Å². The number of carbonyl (C=O) groups excluding carboxylic acids is 2. The molecule has 0 unspecified atom stereocenters. The van der Waals surface area contributed by atoms with Crippen LogP contribution in [0.4, 0.5) is 10.5 Å². The predicted molar refractivity (Wildman–Crippen MR) is 159 cm³/mol. The molecule has 2 heterocycles. The number of aromatic nitrogens is 1. The van der Waals surface area contributed by atoms with Crippen LogP contribution in [0.5, 0.6) is 5.75 Å². The van der Waals surface area contributed by atoms with Crippen LogP contribution in [-0.2, 0) is 38.3 Å². The van der Waals surface area contributed by atoms with Crippen molar-refractivity contribution in [2.45, 2.75) is 52.6 Å². The smallest absolute Gasteiger partial charge is 0.407 e. The lowest BCUT2D eigenvalue weighted by Crippen LogP contribution is -2.36. The molecule has 4 rings (SSSR count). The molecule has 0 bridgehead atoms. The lowest BCUT2D eigenvalue weighted by Gasteiger charge is -2.28. The summed E-state index contributed by atoms with van der Waals surface area (Å²) < 4.78 is 27.5. The van der Waals surface area contributed by atoms with Crippen molar-refractivity contribution < 1.29 is 33.0 Å². The quantitative estimate of drug-likeness (QED) is 0.283. The molecular formula is C32H41N3O7. The zero-order chi connectivity index (χ0) is 29.9. The molecule has 0 aliphatic carbocycles. The molecule has 10 nitrogen and oxygen atoms in total. The number of rotatable bonds is 13. The molecular weight excluding hydrogens is 538 g/mol. The molecule has 1 N–H and O–H groups in total. The van der Waals surface area contributed by atoms with Gasteiger partial charge in [0.1, 0.15) is 11.5 Å². The fourth-order valence-electron chi connectivity index (χ4n) is 4.75. The van der Waals surface area contributed by atoms with E-state index in [4.69, 9.17) is 28.3 Å². The molecule has 0 radical (unpaired) electrons. The molecule has 1 saturated heterocycles.